The highest BCUT2D eigenvalue weighted by Crippen LogP contribution is 2.30. The predicted molar refractivity (Wildman–Crippen MR) is 58.6 cm³/mol. The number of hydrogen-bond acceptors (Lipinski definition) is 3. The third-order valence-electron chi connectivity index (χ3n) is 3.64. The van der Waals surface area contributed by atoms with E-state index in [2.05, 4.69) is 12.2 Å². The molecule has 1 aliphatic heterocycles. The molecule has 3 heteroatoms. The molecule has 2 rings (SSSR count). The molecule has 1 N–H and O–H groups in total. The zero-order chi connectivity index (χ0) is 10.7. The Morgan fingerprint density at radius 2 is 2.27 bits per heavy atom. The molecule has 1 saturated carbocycles. The van der Waals surface area contributed by atoms with Crippen LogP contribution in [-0.2, 0) is 9.53 Å². The van der Waals surface area contributed by atoms with Gasteiger partial charge in [0.15, 0.2) is 0 Å². The SMILES string of the molecule is CCCC1(C(=O)OC2CCC2)CCCN1. The largest absolute Gasteiger partial charge is 0.461 e. The van der Waals surface area contributed by atoms with Crippen LogP contribution in [0.25, 0.3) is 0 Å². The molecule has 1 saturated heterocycles. The van der Waals surface area contributed by atoms with Crippen molar-refractivity contribution >= 4 is 5.97 Å². The number of nitrogens with one attached hydrogen (secondary N) is 1. The van der Waals surface area contributed by atoms with Gasteiger partial charge < -0.3 is 10.1 Å². The van der Waals surface area contributed by atoms with E-state index < -0.39 is 0 Å². The topological polar surface area (TPSA) is 38.3 Å². The van der Waals surface area contributed by atoms with E-state index in [1.807, 2.05) is 0 Å². The molecule has 2 fully saturated rings. The molecule has 0 bridgehead atoms. The first-order chi connectivity index (χ1) is 7.27. The van der Waals surface area contributed by atoms with Crippen LogP contribution in [0.2, 0.25) is 0 Å². The highest BCUT2D eigenvalue weighted by Gasteiger charge is 2.42. The molecule has 2 aliphatic rings. The van der Waals surface area contributed by atoms with Gasteiger partial charge in [0.1, 0.15) is 11.6 Å². The van der Waals surface area contributed by atoms with E-state index in [0.29, 0.717) is 0 Å². The smallest absolute Gasteiger partial charge is 0.326 e. The molecule has 1 unspecified atom stereocenters. The lowest BCUT2D eigenvalue weighted by Crippen LogP contribution is -2.50. The Kier molecular flexibility index (Phi) is 3.29. The molecule has 0 amide bonds. The maximum absolute atomic E-state index is 12.1. The second-order valence-corrected chi connectivity index (χ2v) is 4.82. The molecule has 0 aromatic heterocycles. The maximum atomic E-state index is 12.1. The number of ether oxygens (including phenoxy) is 1. The van der Waals surface area contributed by atoms with Crippen LogP contribution in [0, 0.1) is 0 Å². The van der Waals surface area contributed by atoms with Crippen LogP contribution in [0.1, 0.15) is 51.9 Å². The zero-order valence-corrected chi connectivity index (χ0v) is 9.55. The van der Waals surface area contributed by atoms with Crippen molar-refractivity contribution in [3.63, 3.8) is 0 Å². The summed E-state index contributed by atoms with van der Waals surface area (Å²) in [5.74, 6) is 0.00606. The molecule has 0 aromatic rings. The van der Waals surface area contributed by atoms with Crippen molar-refractivity contribution < 1.29 is 9.53 Å². The van der Waals surface area contributed by atoms with Gasteiger partial charge in [-0.05, 0) is 45.1 Å². The van der Waals surface area contributed by atoms with Gasteiger partial charge in [-0.25, -0.2) is 0 Å². The summed E-state index contributed by atoms with van der Waals surface area (Å²) < 4.78 is 5.52. The van der Waals surface area contributed by atoms with Crippen molar-refractivity contribution in [2.24, 2.45) is 0 Å². The standard InChI is InChI=1S/C12H21NO2/c1-2-7-12(8-4-9-13-12)11(14)15-10-5-3-6-10/h10,13H,2-9H2,1H3. The van der Waals surface area contributed by atoms with Crippen molar-refractivity contribution in [3.05, 3.63) is 0 Å². The second kappa shape index (κ2) is 4.52. The third-order valence-corrected chi connectivity index (χ3v) is 3.64. The molecule has 1 heterocycles. The lowest BCUT2D eigenvalue weighted by Gasteiger charge is -2.32. The van der Waals surface area contributed by atoms with E-state index in [1.165, 1.54) is 6.42 Å². The average Bonchev–Trinajstić information content (AvgIpc) is 2.61. The van der Waals surface area contributed by atoms with Crippen LogP contribution < -0.4 is 5.32 Å². The van der Waals surface area contributed by atoms with Crippen molar-refractivity contribution in [1.29, 1.82) is 0 Å². The van der Waals surface area contributed by atoms with Crippen molar-refractivity contribution in [2.75, 3.05) is 6.54 Å². The van der Waals surface area contributed by atoms with Gasteiger partial charge in [-0.2, -0.15) is 0 Å². The molecule has 0 aromatic carbocycles. The Labute approximate surface area is 91.6 Å². The zero-order valence-electron chi connectivity index (χ0n) is 9.55. The summed E-state index contributed by atoms with van der Waals surface area (Å²) in [7, 11) is 0. The summed E-state index contributed by atoms with van der Waals surface area (Å²) in [5.41, 5.74) is -0.343. The summed E-state index contributed by atoms with van der Waals surface area (Å²) in [4.78, 5) is 12.1. The Balaban J connectivity index is 1.93. The van der Waals surface area contributed by atoms with E-state index >= 15 is 0 Å². The molecular formula is C12H21NO2. The van der Waals surface area contributed by atoms with E-state index in [-0.39, 0.29) is 17.6 Å². The second-order valence-electron chi connectivity index (χ2n) is 4.82. The highest BCUT2D eigenvalue weighted by molar-refractivity contribution is 5.81. The Morgan fingerprint density at radius 3 is 2.73 bits per heavy atom. The lowest BCUT2D eigenvalue weighted by atomic mass is 9.91. The first-order valence-corrected chi connectivity index (χ1v) is 6.23. The molecule has 15 heavy (non-hydrogen) atoms. The quantitative estimate of drug-likeness (QED) is 0.723. The fraction of sp³-hybridized carbons (Fsp3) is 0.917. The average molecular weight is 211 g/mol. The van der Waals surface area contributed by atoms with Crippen molar-refractivity contribution in [3.8, 4) is 0 Å². The monoisotopic (exact) mass is 211 g/mol. The van der Waals surface area contributed by atoms with Gasteiger partial charge in [0, 0.05) is 0 Å². The van der Waals surface area contributed by atoms with E-state index in [1.54, 1.807) is 0 Å². The number of hydrogen-bond donors (Lipinski definition) is 1. The van der Waals surface area contributed by atoms with Crippen LogP contribution >= 0.6 is 0 Å². The van der Waals surface area contributed by atoms with Gasteiger partial charge in [0.25, 0.3) is 0 Å². The minimum Gasteiger partial charge on any atom is -0.461 e. The van der Waals surface area contributed by atoms with Gasteiger partial charge >= 0.3 is 5.97 Å². The first-order valence-electron chi connectivity index (χ1n) is 6.23. The number of rotatable bonds is 4. The van der Waals surface area contributed by atoms with Crippen LogP contribution in [0.3, 0.4) is 0 Å². The summed E-state index contributed by atoms with van der Waals surface area (Å²) in [5, 5.41) is 3.35. The predicted octanol–water partition coefficient (Wildman–Crippen LogP) is 2.00. The van der Waals surface area contributed by atoms with Crippen LogP contribution in [-0.4, -0.2) is 24.2 Å². The summed E-state index contributed by atoms with van der Waals surface area (Å²) in [6.07, 6.45) is 7.56. The minimum atomic E-state index is -0.343. The minimum absolute atomic E-state index is 0.00606. The maximum Gasteiger partial charge on any atom is 0.326 e. The van der Waals surface area contributed by atoms with Gasteiger partial charge in [-0.15, -0.1) is 0 Å². The van der Waals surface area contributed by atoms with Crippen LogP contribution in [0.15, 0.2) is 0 Å². The molecule has 86 valence electrons. The van der Waals surface area contributed by atoms with Crippen LogP contribution in [0.4, 0.5) is 0 Å². The fourth-order valence-electron chi connectivity index (χ4n) is 2.48. The summed E-state index contributed by atoms with van der Waals surface area (Å²) in [6, 6.07) is 0. The van der Waals surface area contributed by atoms with Crippen LogP contribution in [0.5, 0.6) is 0 Å². The van der Waals surface area contributed by atoms with E-state index in [0.717, 1.165) is 45.1 Å². The van der Waals surface area contributed by atoms with Gasteiger partial charge in [-0.1, -0.05) is 13.3 Å². The third kappa shape index (κ3) is 2.17. The van der Waals surface area contributed by atoms with Gasteiger partial charge in [0.05, 0.1) is 0 Å². The van der Waals surface area contributed by atoms with E-state index in [9.17, 15) is 4.79 Å². The normalized spacial score (nSPS) is 31.3. The van der Waals surface area contributed by atoms with E-state index in [4.69, 9.17) is 4.74 Å². The Morgan fingerprint density at radius 1 is 1.47 bits per heavy atom. The van der Waals surface area contributed by atoms with Gasteiger partial charge in [-0.3, -0.25) is 4.79 Å². The number of carbonyl (C=O) groups is 1. The summed E-state index contributed by atoms with van der Waals surface area (Å²) >= 11 is 0. The lowest BCUT2D eigenvalue weighted by molar-refractivity contribution is -0.161. The Hall–Kier alpha value is -0.570. The highest BCUT2D eigenvalue weighted by atomic mass is 16.5. The fourth-order valence-corrected chi connectivity index (χ4v) is 2.48. The summed E-state index contributed by atoms with van der Waals surface area (Å²) in [6.45, 7) is 3.08. The number of esters is 1. The number of carbonyl (C=O) groups excluding carboxylic acids is 1. The van der Waals surface area contributed by atoms with Crippen molar-refractivity contribution in [1.82, 2.24) is 5.32 Å². The first kappa shape index (κ1) is 10.9. The molecule has 0 spiro atoms. The van der Waals surface area contributed by atoms with Gasteiger partial charge in [0.2, 0.25) is 0 Å². The molecule has 0 radical (unpaired) electrons. The molecule has 1 atom stereocenters. The Bertz CT molecular complexity index is 230. The molecule has 1 aliphatic carbocycles. The molecular weight excluding hydrogens is 190 g/mol. The van der Waals surface area contributed by atoms with Crippen molar-refractivity contribution in [2.45, 2.75) is 63.5 Å². The molecule has 3 nitrogen and oxygen atoms in total.